The second kappa shape index (κ2) is 6.47. The number of benzene rings is 1. The number of hydrogen-bond donors (Lipinski definition) is 2. The van der Waals surface area contributed by atoms with E-state index in [0.717, 1.165) is 15.8 Å². The fourth-order valence-corrected chi connectivity index (χ4v) is 1.43. The minimum atomic E-state index is -0.463. The largest absolute Gasteiger partial charge is 0.493 e. The summed E-state index contributed by atoms with van der Waals surface area (Å²) in [5.41, 5.74) is 2.83. The van der Waals surface area contributed by atoms with Crippen molar-refractivity contribution in [3.63, 3.8) is 0 Å². The van der Waals surface area contributed by atoms with Crippen molar-refractivity contribution in [3.05, 3.63) is 28.2 Å². The zero-order chi connectivity index (χ0) is 12.0. The van der Waals surface area contributed by atoms with E-state index in [1.54, 1.807) is 0 Å². The predicted molar refractivity (Wildman–Crippen MR) is 62.4 cm³/mol. The summed E-state index contributed by atoms with van der Waals surface area (Å²) in [4.78, 5) is 15.3. The molecule has 6 heteroatoms. The standard InChI is InChI=1S/C10H13BrN2O3/c1-7-2-3-8(11)6-9(7)15-5-4-10(14)16-13-12/h2-3,6,13H,4-5,12H2,1H3. The molecule has 1 aromatic carbocycles. The molecular weight excluding hydrogens is 276 g/mol. The summed E-state index contributed by atoms with van der Waals surface area (Å²) in [6.45, 7) is 2.18. The summed E-state index contributed by atoms with van der Waals surface area (Å²) in [5.74, 6) is 5.09. The van der Waals surface area contributed by atoms with Crippen LogP contribution in [0.15, 0.2) is 22.7 Å². The third kappa shape index (κ3) is 4.18. The third-order valence-electron chi connectivity index (χ3n) is 1.89. The molecule has 0 fully saturated rings. The van der Waals surface area contributed by atoms with E-state index in [-0.39, 0.29) is 13.0 Å². The molecule has 0 bridgehead atoms. The molecule has 0 aliphatic carbocycles. The molecule has 0 aliphatic heterocycles. The summed E-state index contributed by atoms with van der Waals surface area (Å²) in [6.07, 6.45) is 0.135. The second-order valence-corrected chi connectivity index (χ2v) is 4.02. The van der Waals surface area contributed by atoms with Crippen LogP contribution in [-0.2, 0) is 9.63 Å². The van der Waals surface area contributed by atoms with Gasteiger partial charge in [-0.3, -0.25) is 4.79 Å². The molecule has 0 saturated heterocycles. The number of carbonyl (C=O) groups is 1. The molecule has 0 spiro atoms. The Morgan fingerprint density at radius 1 is 1.56 bits per heavy atom. The average molecular weight is 289 g/mol. The topological polar surface area (TPSA) is 73.6 Å². The van der Waals surface area contributed by atoms with Crippen LogP contribution in [0.3, 0.4) is 0 Å². The molecule has 0 radical (unpaired) electrons. The molecule has 0 unspecified atom stereocenters. The minimum absolute atomic E-state index is 0.135. The highest BCUT2D eigenvalue weighted by Gasteiger charge is 2.04. The van der Waals surface area contributed by atoms with Crippen molar-refractivity contribution in [1.29, 1.82) is 0 Å². The van der Waals surface area contributed by atoms with Crippen LogP contribution in [0.25, 0.3) is 0 Å². The van der Waals surface area contributed by atoms with Crippen molar-refractivity contribution in [2.24, 2.45) is 5.84 Å². The van der Waals surface area contributed by atoms with Crippen molar-refractivity contribution >= 4 is 21.9 Å². The number of aryl methyl sites for hydroxylation is 1. The van der Waals surface area contributed by atoms with Gasteiger partial charge >= 0.3 is 5.97 Å². The van der Waals surface area contributed by atoms with Gasteiger partial charge in [0.05, 0.1) is 13.0 Å². The highest BCUT2D eigenvalue weighted by molar-refractivity contribution is 9.10. The summed E-state index contributed by atoms with van der Waals surface area (Å²) in [5, 5.41) is 0. The van der Waals surface area contributed by atoms with Gasteiger partial charge < -0.3 is 9.57 Å². The zero-order valence-electron chi connectivity index (χ0n) is 8.83. The van der Waals surface area contributed by atoms with Gasteiger partial charge in [0.25, 0.3) is 0 Å². The molecule has 0 atom stereocenters. The van der Waals surface area contributed by atoms with Gasteiger partial charge in [0.2, 0.25) is 0 Å². The number of hydrogen-bond acceptors (Lipinski definition) is 5. The van der Waals surface area contributed by atoms with Crippen molar-refractivity contribution < 1.29 is 14.4 Å². The normalized spacial score (nSPS) is 9.94. The molecule has 3 N–H and O–H groups in total. The Labute approximate surface area is 102 Å². The summed E-state index contributed by atoms with van der Waals surface area (Å²) < 4.78 is 6.37. The molecule has 0 aliphatic rings. The SMILES string of the molecule is Cc1ccc(Br)cc1OCCC(=O)ONN. The van der Waals surface area contributed by atoms with Crippen LogP contribution in [0.2, 0.25) is 0 Å². The van der Waals surface area contributed by atoms with Gasteiger partial charge in [-0.15, -0.1) is 0 Å². The van der Waals surface area contributed by atoms with Gasteiger partial charge in [0, 0.05) is 4.47 Å². The van der Waals surface area contributed by atoms with Gasteiger partial charge in [-0.1, -0.05) is 27.6 Å². The Bertz CT molecular complexity index is 371. The van der Waals surface area contributed by atoms with Crippen molar-refractivity contribution in [2.45, 2.75) is 13.3 Å². The number of hydrazine groups is 1. The van der Waals surface area contributed by atoms with E-state index < -0.39 is 5.97 Å². The molecule has 0 aromatic heterocycles. The third-order valence-corrected chi connectivity index (χ3v) is 2.38. The van der Waals surface area contributed by atoms with E-state index in [9.17, 15) is 4.79 Å². The van der Waals surface area contributed by atoms with Crippen molar-refractivity contribution in [2.75, 3.05) is 6.61 Å². The maximum absolute atomic E-state index is 10.9. The lowest BCUT2D eigenvalue weighted by Crippen LogP contribution is -2.26. The van der Waals surface area contributed by atoms with Crippen LogP contribution < -0.4 is 16.2 Å². The molecule has 0 amide bonds. The van der Waals surface area contributed by atoms with Gasteiger partial charge in [-0.25, -0.2) is 5.84 Å². The zero-order valence-corrected chi connectivity index (χ0v) is 10.4. The first kappa shape index (κ1) is 13.0. The minimum Gasteiger partial charge on any atom is -0.493 e. The Morgan fingerprint density at radius 3 is 3.00 bits per heavy atom. The average Bonchev–Trinajstić information content (AvgIpc) is 2.23. The van der Waals surface area contributed by atoms with Crippen molar-refractivity contribution in [3.8, 4) is 5.75 Å². The number of carbonyl (C=O) groups excluding carboxylic acids is 1. The molecule has 0 heterocycles. The van der Waals surface area contributed by atoms with Gasteiger partial charge in [-0.05, 0) is 24.6 Å². The first-order valence-corrected chi connectivity index (χ1v) is 5.47. The second-order valence-electron chi connectivity index (χ2n) is 3.10. The van der Waals surface area contributed by atoms with E-state index in [0.29, 0.717) is 0 Å². The Balaban J connectivity index is 2.42. The maximum atomic E-state index is 10.9. The Hall–Kier alpha value is -1.11. The fraction of sp³-hybridized carbons (Fsp3) is 0.300. The quantitative estimate of drug-likeness (QED) is 0.634. The lowest BCUT2D eigenvalue weighted by Gasteiger charge is -2.08. The van der Waals surface area contributed by atoms with Gasteiger partial charge in [0.1, 0.15) is 5.75 Å². The smallest absolute Gasteiger partial charge is 0.329 e. The summed E-state index contributed by atoms with van der Waals surface area (Å²) in [7, 11) is 0. The first-order chi connectivity index (χ1) is 7.63. The number of rotatable bonds is 5. The van der Waals surface area contributed by atoms with Crippen molar-refractivity contribution in [1.82, 2.24) is 5.59 Å². The van der Waals surface area contributed by atoms with E-state index in [1.165, 1.54) is 0 Å². The van der Waals surface area contributed by atoms with E-state index >= 15 is 0 Å². The molecule has 16 heavy (non-hydrogen) atoms. The van der Waals surface area contributed by atoms with Crippen LogP contribution in [0.4, 0.5) is 0 Å². The monoisotopic (exact) mass is 288 g/mol. The summed E-state index contributed by atoms with van der Waals surface area (Å²) >= 11 is 3.34. The van der Waals surface area contributed by atoms with Crippen LogP contribution in [0.1, 0.15) is 12.0 Å². The van der Waals surface area contributed by atoms with Gasteiger partial charge in [-0.2, -0.15) is 0 Å². The number of ether oxygens (including phenoxy) is 1. The van der Waals surface area contributed by atoms with Crippen LogP contribution in [0, 0.1) is 6.92 Å². The summed E-state index contributed by atoms with van der Waals surface area (Å²) in [6, 6.07) is 5.70. The molecular formula is C10H13BrN2O3. The van der Waals surface area contributed by atoms with E-state index in [2.05, 4.69) is 20.8 Å². The Morgan fingerprint density at radius 2 is 2.31 bits per heavy atom. The molecule has 88 valence electrons. The Kier molecular flexibility index (Phi) is 5.24. The van der Waals surface area contributed by atoms with Crippen LogP contribution in [-0.4, -0.2) is 12.6 Å². The fourth-order valence-electron chi connectivity index (χ4n) is 1.09. The molecule has 1 aromatic rings. The highest BCUT2D eigenvalue weighted by atomic mass is 79.9. The molecule has 0 saturated carbocycles. The predicted octanol–water partition coefficient (Wildman–Crippen LogP) is 1.45. The lowest BCUT2D eigenvalue weighted by molar-refractivity contribution is -0.151. The van der Waals surface area contributed by atoms with Crippen LogP contribution >= 0.6 is 15.9 Å². The molecule has 1 rings (SSSR count). The number of halogens is 1. The maximum Gasteiger partial charge on any atom is 0.329 e. The lowest BCUT2D eigenvalue weighted by atomic mass is 10.2. The highest BCUT2D eigenvalue weighted by Crippen LogP contribution is 2.22. The van der Waals surface area contributed by atoms with E-state index in [1.807, 2.05) is 30.7 Å². The first-order valence-electron chi connectivity index (χ1n) is 4.67. The van der Waals surface area contributed by atoms with Gasteiger partial charge in [0.15, 0.2) is 0 Å². The number of nitrogens with one attached hydrogen (secondary N) is 1. The van der Waals surface area contributed by atoms with E-state index in [4.69, 9.17) is 10.6 Å². The molecule has 5 nitrogen and oxygen atoms in total. The van der Waals surface area contributed by atoms with Crippen LogP contribution in [0.5, 0.6) is 5.75 Å². The number of nitrogens with two attached hydrogens (primary N) is 1.